The van der Waals surface area contributed by atoms with Crippen LogP contribution in [0, 0.1) is 0 Å². The Labute approximate surface area is 690 Å². The van der Waals surface area contributed by atoms with Crippen molar-refractivity contribution in [3.63, 3.8) is 0 Å². The van der Waals surface area contributed by atoms with Crippen molar-refractivity contribution in [2.45, 2.75) is 193 Å². The molecule has 0 radical (unpaired) electrons. The Morgan fingerprint density at radius 1 is 0.248 bits per heavy atom. The molecule has 14 aromatic carbocycles. The van der Waals surface area contributed by atoms with Crippen LogP contribution in [0.25, 0.3) is 144 Å². The molecular weight excluding hydrogens is 1420 g/mol. The second-order valence-corrected chi connectivity index (χ2v) is 38.0. The summed E-state index contributed by atoms with van der Waals surface area (Å²) in [6.45, 7) is 29.1. The van der Waals surface area contributed by atoms with Crippen LogP contribution in [0.2, 0.25) is 0 Å². The summed E-state index contributed by atoms with van der Waals surface area (Å²) >= 11 is 0. The van der Waals surface area contributed by atoms with Crippen molar-refractivity contribution in [1.29, 1.82) is 0 Å². The molecular formula is C114H103NO2. The lowest BCUT2D eigenvalue weighted by Crippen LogP contribution is -2.25. The summed E-state index contributed by atoms with van der Waals surface area (Å²) in [6, 6.07) is 101. The van der Waals surface area contributed by atoms with Gasteiger partial charge in [0.2, 0.25) is 0 Å². The van der Waals surface area contributed by atoms with E-state index in [1.807, 2.05) is 0 Å². The van der Waals surface area contributed by atoms with E-state index in [2.05, 4.69) is 349 Å². The molecule has 0 fully saturated rings. The molecule has 0 unspecified atom stereocenters. The third-order valence-corrected chi connectivity index (χ3v) is 29.7. The molecule has 2 aromatic heterocycles. The first-order valence-electron chi connectivity index (χ1n) is 43.8. The monoisotopic (exact) mass is 1520 g/mol. The quantitative estimate of drug-likeness (QED) is 0.0802. The zero-order valence-corrected chi connectivity index (χ0v) is 70.1. The molecule has 0 saturated carbocycles. The summed E-state index contributed by atoms with van der Waals surface area (Å²) in [4.78, 5) is 2.55. The lowest BCUT2D eigenvalue weighted by Gasteiger charge is -2.33. The number of benzene rings is 14. The average molecular weight is 1520 g/mol. The normalized spacial score (nSPS) is 16.0. The SMILES string of the molecule is CCCCCCCC1(CCCCCCC)c2ccccc2-c2ccc(-c3ccc4c(c3)C(C)(C)c3cc(-c5ccc(N(c6ccc7c(c6)C(C)(C)c6cc(-c8ccc9c(c8)C(C)(C)c8ccccc8-9)c8oc9ccccc9c8c6-7)c6ccc7c(c6)C(C)(C)c6c8c(c9oc%10ccccc%10c9c6-7)-c6ccccc6C8(C)C)cc5)ccc3-4)cc21. The minimum atomic E-state index is -0.404. The van der Waals surface area contributed by atoms with Crippen molar-refractivity contribution in [2.24, 2.45) is 0 Å². The van der Waals surface area contributed by atoms with Gasteiger partial charge in [-0.3, -0.25) is 0 Å². The van der Waals surface area contributed by atoms with Crippen LogP contribution < -0.4 is 4.90 Å². The Morgan fingerprint density at radius 3 is 1.21 bits per heavy atom. The van der Waals surface area contributed by atoms with Gasteiger partial charge in [0.25, 0.3) is 0 Å². The molecule has 2 heterocycles. The summed E-state index contributed by atoms with van der Waals surface area (Å²) in [5, 5.41) is 4.71. The lowest BCUT2D eigenvalue weighted by atomic mass is 9.70. The van der Waals surface area contributed by atoms with Gasteiger partial charge in [0.1, 0.15) is 22.3 Å². The number of anilines is 3. The molecule has 0 N–H and O–H groups in total. The van der Waals surface area contributed by atoms with Crippen molar-refractivity contribution in [1.82, 2.24) is 0 Å². The zero-order chi connectivity index (χ0) is 79.6. The summed E-state index contributed by atoms with van der Waals surface area (Å²) in [7, 11) is 0. The van der Waals surface area contributed by atoms with Gasteiger partial charge in [-0.05, 0) is 247 Å². The molecule has 0 spiro atoms. The van der Waals surface area contributed by atoms with Crippen LogP contribution in [0.1, 0.15) is 227 Å². The summed E-state index contributed by atoms with van der Waals surface area (Å²) in [5.41, 5.74) is 45.6. The third kappa shape index (κ3) is 10.2. The fourth-order valence-corrected chi connectivity index (χ4v) is 23.7. The maximum Gasteiger partial charge on any atom is 0.144 e. The highest BCUT2D eigenvalue weighted by Crippen LogP contribution is 2.66. The molecule has 3 heteroatoms. The Bertz CT molecular complexity index is 6870. The van der Waals surface area contributed by atoms with E-state index in [-0.39, 0.29) is 21.7 Å². The van der Waals surface area contributed by atoms with Crippen LogP contribution in [-0.2, 0) is 32.5 Å². The number of para-hydroxylation sites is 2. The van der Waals surface area contributed by atoms with Crippen molar-refractivity contribution in [3.05, 3.63) is 328 Å². The van der Waals surface area contributed by atoms with Gasteiger partial charge in [0.05, 0.1) is 0 Å². The maximum absolute atomic E-state index is 7.18. The van der Waals surface area contributed by atoms with E-state index in [9.17, 15) is 0 Å². The van der Waals surface area contributed by atoms with E-state index in [1.165, 1.54) is 238 Å². The van der Waals surface area contributed by atoms with E-state index in [0.717, 1.165) is 55.7 Å². The largest absolute Gasteiger partial charge is 0.455 e. The highest BCUT2D eigenvalue weighted by molar-refractivity contribution is 6.22. The molecule has 0 atom stereocenters. The topological polar surface area (TPSA) is 29.5 Å². The number of hydrogen-bond acceptors (Lipinski definition) is 3. The maximum atomic E-state index is 7.18. The summed E-state index contributed by atoms with van der Waals surface area (Å²) in [6.07, 6.45) is 15.4. The molecule has 16 aromatic rings. The van der Waals surface area contributed by atoms with Crippen LogP contribution in [0.5, 0.6) is 0 Å². The summed E-state index contributed by atoms with van der Waals surface area (Å²) in [5.74, 6) is 0. The highest BCUT2D eigenvalue weighted by atomic mass is 16.3. The van der Waals surface area contributed by atoms with Gasteiger partial charge in [-0.1, -0.05) is 329 Å². The van der Waals surface area contributed by atoms with Gasteiger partial charge in [0.15, 0.2) is 0 Å². The number of nitrogens with zero attached hydrogens (tertiary/aromatic N) is 1. The standard InChI is InChI=1S/C114H103NO2/c1-13-15-17-19-31-59-114(60-32-20-18-16-14-2)90-40-28-22-34-77(90)81-55-47-71(63-96(81)114)70-46-54-80-79-53-45-69(61-91(79)110(5,6)92(80)62-70)68-43-49-73(50-44-68)115(75-52-58-84-95(66-75)113(11,12)105-101(84)103-86-37-25-30-42-99(86)117-108(103)104-82-35-23-27-39-89(82)112(9,10)106(104)105)74-51-57-83-94(65-74)111(7,8)97-67-87(107-102(100(83)97)85-36-24-29-41-98(85)116-107)72-48-56-78-76-33-21-26-38-88(76)109(3,4)93(78)64-72/h21-30,33-58,61-67H,13-20,31-32,59-60H2,1-12H3. The van der Waals surface area contributed by atoms with Crippen LogP contribution >= 0.6 is 0 Å². The van der Waals surface area contributed by atoms with Gasteiger partial charge in [-0.15, -0.1) is 0 Å². The predicted octanol–water partition coefficient (Wildman–Crippen LogP) is 32.5. The number of hydrogen-bond donors (Lipinski definition) is 0. The van der Waals surface area contributed by atoms with E-state index in [4.69, 9.17) is 8.83 Å². The Morgan fingerprint density at radius 2 is 0.615 bits per heavy atom. The fourth-order valence-electron chi connectivity index (χ4n) is 23.7. The highest BCUT2D eigenvalue weighted by Gasteiger charge is 2.50. The van der Waals surface area contributed by atoms with Crippen LogP contribution in [0.3, 0.4) is 0 Å². The Kier molecular flexibility index (Phi) is 16.0. The molecule has 117 heavy (non-hydrogen) atoms. The molecule has 22 rings (SSSR count). The molecule has 0 bridgehead atoms. The van der Waals surface area contributed by atoms with E-state index >= 15 is 0 Å². The minimum absolute atomic E-state index is 0.0306. The number of furan rings is 2. The molecule has 6 aliphatic carbocycles. The second kappa shape index (κ2) is 26.0. The first kappa shape index (κ1) is 72.0. The molecule has 0 saturated heterocycles. The second-order valence-electron chi connectivity index (χ2n) is 38.0. The zero-order valence-electron chi connectivity index (χ0n) is 70.1. The van der Waals surface area contributed by atoms with Crippen molar-refractivity contribution < 1.29 is 8.83 Å². The third-order valence-electron chi connectivity index (χ3n) is 29.7. The molecule has 0 amide bonds. The number of unbranched alkanes of at least 4 members (excludes halogenated alkanes) is 8. The average Bonchev–Trinajstić information content (AvgIpc) is 1.50. The van der Waals surface area contributed by atoms with Crippen molar-refractivity contribution in [2.75, 3.05) is 4.90 Å². The summed E-state index contributed by atoms with van der Waals surface area (Å²) < 4.78 is 14.3. The van der Waals surface area contributed by atoms with Gasteiger partial charge in [-0.2, -0.15) is 0 Å². The van der Waals surface area contributed by atoms with Crippen molar-refractivity contribution in [3.8, 4) is 100 Å². The van der Waals surface area contributed by atoms with Crippen molar-refractivity contribution >= 4 is 60.9 Å². The van der Waals surface area contributed by atoms with Crippen LogP contribution in [0.4, 0.5) is 17.1 Å². The lowest BCUT2D eigenvalue weighted by molar-refractivity contribution is 0.399. The first-order valence-corrected chi connectivity index (χ1v) is 43.8. The Balaban J connectivity index is 0.657. The number of fused-ring (bicyclic) bond motifs is 28. The Hall–Kier alpha value is -11.5. The van der Waals surface area contributed by atoms with Gasteiger partial charge in [0, 0.05) is 82.2 Å². The smallest absolute Gasteiger partial charge is 0.144 e. The van der Waals surface area contributed by atoms with E-state index < -0.39 is 10.8 Å². The van der Waals surface area contributed by atoms with E-state index in [1.54, 1.807) is 11.1 Å². The van der Waals surface area contributed by atoms with Gasteiger partial charge >= 0.3 is 0 Å². The number of rotatable bonds is 18. The van der Waals surface area contributed by atoms with Crippen LogP contribution in [-0.4, -0.2) is 0 Å². The van der Waals surface area contributed by atoms with Gasteiger partial charge in [-0.25, -0.2) is 0 Å². The predicted molar refractivity (Wildman–Crippen MR) is 493 cm³/mol. The van der Waals surface area contributed by atoms with Gasteiger partial charge < -0.3 is 13.7 Å². The molecule has 6 aliphatic rings. The molecule has 576 valence electrons. The molecule has 3 nitrogen and oxygen atoms in total. The molecule has 0 aliphatic heterocycles. The fraction of sp³-hybridized carbons (Fsp3) is 0.263. The first-order chi connectivity index (χ1) is 56.7. The minimum Gasteiger partial charge on any atom is -0.455 e. The van der Waals surface area contributed by atoms with Crippen LogP contribution in [0.15, 0.2) is 270 Å². The van der Waals surface area contributed by atoms with E-state index in [0.29, 0.717) is 0 Å².